The van der Waals surface area contributed by atoms with Crippen LogP contribution in [0.5, 0.6) is 0 Å². The van der Waals surface area contributed by atoms with Crippen LogP contribution in [0.25, 0.3) is 0 Å². The van der Waals surface area contributed by atoms with E-state index >= 15 is 0 Å². The van der Waals surface area contributed by atoms with E-state index in [1.807, 2.05) is 0 Å². The fourth-order valence-electron chi connectivity index (χ4n) is 3.00. The van der Waals surface area contributed by atoms with Crippen molar-refractivity contribution in [3.05, 3.63) is 0 Å². The lowest BCUT2D eigenvalue weighted by Gasteiger charge is -2.30. The van der Waals surface area contributed by atoms with E-state index in [0.717, 1.165) is 44.9 Å². The van der Waals surface area contributed by atoms with E-state index in [1.54, 1.807) is 6.92 Å². The third kappa shape index (κ3) is 3.08. The zero-order valence-corrected chi connectivity index (χ0v) is 11.5. The number of carbonyl (C=O) groups excluding carboxylic acids is 1. The molecule has 0 aromatic carbocycles. The first-order valence-corrected chi connectivity index (χ1v) is 7.26. The number of rotatable bonds is 4. The molecule has 0 radical (unpaired) electrons. The smallest absolute Gasteiger partial charge is 0.329 e. The molecule has 2 aliphatic rings. The number of hydrogen-bond acceptors (Lipinski definition) is 3. The Morgan fingerprint density at radius 1 is 1.16 bits per heavy atom. The second-order valence-electron chi connectivity index (χ2n) is 6.18. The van der Waals surface area contributed by atoms with Crippen LogP contribution in [0.2, 0.25) is 0 Å². The van der Waals surface area contributed by atoms with E-state index in [4.69, 9.17) is 5.73 Å². The van der Waals surface area contributed by atoms with Gasteiger partial charge in [-0.3, -0.25) is 4.79 Å². The van der Waals surface area contributed by atoms with Gasteiger partial charge in [0.15, 0.2) is 0 Å². The Bertz CT molecular complexity index is 368. The van der Waals surface area contributed by atoms with Crippen molar-refractivity contribution in [2.24, 2.45) is 17.6 Å². The topological polar surface area (TPSA) is 92.4 Å². The summed E-state index contributed by atoms with van der Waals surface area (Å²) < 4.78 is 0. The summed E-state index contributed by atoms with van der Waals surface area (Å²) in [5, 5.41) is 12.1. The molecule has 5 nitrogen and oxygen atoms in total. The maximum absolute atomic E-state index is 12.4. The molecule has 3 atom stereocenters. The molecule has 0 aromatic rings. The molecule has 0 spiro atoms. The highest BCUT2D eigenvalue weighted by Gasteiger charge is 2.49. The lowest BCUT2D eigenvalue weighted by atomic mass is 9.90. The van der Waals surface area contributed by atoms with Crippen LogP contribution in [-0.2, 0) is 9.59 Å². The molecule has 108 valence electrons. The van der Waals surface area contributed by atoms with Crippen molar-refractivity contribution in [3.8, 4) is 0 Å². The third-order valence-corrected chi connectivity index (χ3v) is 4.63. The Morgan fingerprint density at radius 3 is 2.37 bits per heavy atom. The van der Waals surface area contributed by atoms with Crippen LogP contribution >= 0.6 is 0 Å². The summed E-state index contributed by atoms with van der Waals surface area (Å²) in [6, 6.07) is -0.139. The van der Waals surface area contributed by atoms with Gasteiger partial charge in [0.05, 0.1) is 5.92 Å². The normalized spacial score (nSPS) is 31.1. The molecule has 0 aliphatic heterocycles. The van der Waals surface area contributed by atoms with Crippen molar-refractivity contribution in [2.45, 2.75) is 63.5 Å². The number of amides is 1. The lowest BCUT2D eigenvalue weighted by molar-refractivity contribution is -0.148. The van der Waals surface area contributed by atoms with E-state index < -0.39 is 11.5 Å². The minimum Gasteiger partial charge on any atom is -0.480 e. The predicted octanol–water partition coefficient (Wildman–Crippen LogP) is 1.26. The monoisotopic (exact) mass is 268 g/mol. The summed E-state index contributed by atoms with van der Waals surface area (Å²) in [6.45, 7) is 1.62. The molecule has 1 amide bonds. The van der Waals surface area contributed by atoms with E-state index in [2.05, 4.69) is 5.32 Å². The summed E-state index contributed by atoms with van der Waals surface area (Å²) in [7, 11) is 0. The summed E-state index contributed by atoms with van der Waals surface area (Å²) in [6.07, 6.45) is 6.54. The molecule has 2 fully saturated rings. The second kappa shape index (κ2) is 5.49. The Hall–Kier alpha value is -1.10. The van der Waals surface area contributed by atoms with Gasteiger partial charge in [0.1, 0.15) is 5.54 Å². The number of nitrogens with one attached hydrogen (secondary N) is 1. The van der Waals surface area contributed by atoms with E-state index in [9.17, 15) is 14.7 Å². The van der Waals surface area contributed by atoms with Crippen LogP contribution in [0.4, 0.5) is 0 Å². The lowest BCUT2D eigenvalue weighted by Crippen LogP contribution is -2.57. The van der Waals surface area contributed by atoms with Crippen LogP contribution < -0.4 is 11.1 Å². The maximum Gasteiger partial charge on any atom is 0.329 e. The van der Waals surface area contributed by atoms with Gasteiger partial charge in [0.25, 0.3) is 0 Å². The van der Waals surface area contributed by atoms with Gasteiger partial charge in [0.2, 0.25) is 5.91 Å². The summed E-state index contributed by atoms with van der Waals surface area (Å²) in [5.74, 6) is -1.28. The van der Waals surface area contributed by atoms with Crippen molar-refractivity contribution in [1.29, 1.82) is 0 Å². The first kappa shape index (κ1) is 14.3. The van der Waals surface area contributed by atoms with Crippen LogP contribution in [0.15, 0.2) is 0 Å². The summed E-state index contributed by atoms with van der Waals surface area (Å²) in [4.78, 5) is 23.8. The van der Waals surface area contributed by atoms with Crippen LogP contribution in [0.3, 0.4) is 0 Å². The SMILES string of the molecule is CC(NC(=O)C1CCCCCC1N)(C(=O)O)C1CC1. The van der Waals surface area contributed by atoms with Gasteiger partial charge in [-0.15, -0.1) is 0 Å². The quantitative estimate of drug-likeness (QED) is 0.669. The minimum absolute atomic E-state index is 0.0657. The fourth-order valence-corrected chi connectivity index (χ4v) is 3.00. The molecule has 0 saturated heterocycles. The van der Waals surface area contributed by atoms with Gasteiger partial charge in [-0.25, -0.2) is 4.79 Å². The van der Waals surface area contributed by atoms with Crippen LogP contribution in [0.1, 0.15) is 51.9 Å². The van der Waals surface area contributed by atoms with E-state index in [-0.39, 0.29) is 23.8 Å². The fraction of sp³-hybridized carbons (Fsp3) is 0.857. The number of carboxylic acid groups (broad SMARTS) is 1. The molecular formula is C14H24N2O3. The standard InChI is InChI=1S/C14H24N2O3/c1-14(13(18)19,9-7-8-9)16-12(17)10-5-3-2-4-6-11(10)15/h9-11H,2-8,15H2,1H3,(H,16,17)(H,18,19). The van der Waals surface area contributed by atoms with Crippen molar-refractivity contribution in [2.75, 3.05) is 0 Å². The number of carbonyl (C=O) groups is 2. The molecule has 0 heterocycles. The maximum atomic E-state index is 12.4. The summed E-state index contributed by atoms with van der Waals surface area (Å²) >= 11 is 0. The van der Waals surface area contributed by atoms with Crippen molar-refractivity contribution >= 4 is 11.9 Å². The largest absolute Gasteiger partial charge is 0.480 e. The first-order valence-electron chi connectivity index (χ1n) is 7.26. The average Bonchev–Trinajstić information content (AvgIpc) is 3.15. The number of hydrogen-bond donors (Lipinski definition) is 3. The molecule has 2 saturated carbocycles. The molecule has 0 bridgehead atoms. The Kier molecular flexibility index (Phi) is 4.13. The Morgan fingerprint density at radius 2 is 1.79 bits per heavy atom. The molecule has 2 aliphatic carbocycles. The van der Waals surface area contributed by atoms with Gasteiger partial charge >= 0.3 is 5.97 Å². The minimum atomic E-state index is -1.12. The molecule has 2 rings (SSSR count). The van der Waals surface area contributed by atoms with Gasteiger partial charge in [-0.05, 0) is 38.5 Å². The van der Waals surface area contributed by atoms with Crippen molar-refractivity contribution < 1.29 is 14.7 Å². The first-order chi connectivity index (χ1) is 8.95. The molecule has 3 unspecified atom stereocenters. The Labute approximate surface area is 113 Å². The number of nitrogens with two attached hydrogens (primary N) is 1. The van der Waals surface area contributed by atoms with Gasteiger partial charge in [0, 0.05) is 6.04 Å². The highest BCUT2D eigenvalue weighted by atomic mass is 16.4. The molecule has 4 N–H and O–H groups in total. The molecular weight excluding hydrogens is 244 g/mol. The zero-order valence-electron chi connectivity index (χ0n) is 11.5. The van der Waals surface area contributed by atoms with Crippen LogP contribution in [0, 0.1) is 11.8 Å². The Balaban J connectivity index is 2.04. The van der Waals surface area contributed by atoms with Gasteiger partial charge in [-0.1, -0.05) is 19.3 Å². The average molecular weight is 268 g/mol. The van der Waals surface area contributed by atoms with Crippen LogP contribution in [-0.4, -0.2) is 28.6 Å². The molecule has 0 aromatic heterocycles. The van der Waals surface area contributed by atoms with Gasteiger partial charge < -0.3 is 16.2 Å². The molecule has 5 heteroatoms. The van der Waals surface area contributed by atoms with Crippen molar-refractivity contribution in [3.63, 3.8) is 0 Å². The highest BCUT2D eigenvalue weighted by Crippen LogP contribution is 2.40. The van der Waals surface area contributed by atoms with E-state index in [1.165, 1.54) is 0 Å². The number of carboxylic acids is 1. The van der Waals surface area contributed by atoms with Crippen molar-refractivity contribution in [1.82, 2.24) is 5.32 Å². The third-order valence-electron chi connectivity index (χ3n) is 4.63. The second-order valence-corrected chi connectivity index (χ2v) is 6.18. The highest BCUT2D eigenvalue weighted by molar-refractivity contribution is 5.88. The molecule has 19 heavy (non-hydrogen) atoms. The predicted molar refractivity (Wildman–Crippen MR) is 71.5 cm³/mol. The van der Waals surface area contributed by atoms with Gasteiger partial charge in [-0.2, -0.15) is 0 Å². The zero-order chi connectivity index (χ0) is 14.0. The van der Waals surface area contributed by atoms with E-state index in [0.29, 0.717) is 0 Å². The number of aliphatic carboxylic acids is 1. The summed E-state index contributed by atoms with van der Waals surface area (Å²) in [5.41, 5.74) is 4.94.